The average molecular weight is 278 g/mol. The van der Waals surface area contributed by atoms with E-state index in [9.17, 15) is 15.2 Å². The van der Waals surface area contributed by atoms with Gasteiger partial charge in [-0.1, -0.05) is 6.08 Å². The second-order valence-corrected chi connectivity index (χ2v) is 4.72. The quantitative estimate of drug-likeness (QED) is 0.488. The Morgan fingerprint density at radius 1 is 1.60 bits per heavy atom. The van der Waals surface area contributed by atoms with Crippen molar-refractivity contribution in [1.82, 2.24) is 0 Å². The van der Waals surface area contributed by atoms with Crippen molar-refractivity contribution in [3.8, 4) is 0 Å². The summed E-state index contributed by atoms with van der Waals surface area (Å²) in [6, 6.07) is 4.69. The van der Waals surface area contributed by atoms with Crippen LogP contribution in [0, 0.1) is 10.1 Å². The maximum Gasteiger partial charge on any atom is 0.292 e. The fraction of sp³-hybridized carbons (Fsp3) is 0.429. The smallest absolute Gasteiger partial charge is 0.292 e. The molecule has 1 saturated heterocycles. The van der Waals surface area contributed by atoms with Crippen molar-refractivity contribution >= 4 is 11.4 Å². The van der Waals surface area contributed by atoms with E-state index in [2.05, 4.69) is 6.58 Å². The van der Waals surface area contributed by atoms with E-state index in [1.165, 1.54) is 6.07 Å². The highest BCUT2D eigenvalue weighted by Gasteiger charge is 2.28. The molecule has 1 heterocycles. The minimum atomic E-state index is -0.394. The normalized spacial score (nSPS) is 18.2. The molecule has 1 aromatic rings. The fourth-order valence-corrected chi connectivity index (χ4v) is 2.36. The van der Waals surface area contributed by atoms with Crippen molar-refractivity contribution in [3.63, 3.8) is 0 Å². The number of nitro groups is 1. The third-order valence-electron chi connectivity index (χ3n) is 3.35. The van der Waals surface area contributed by atoms with Crippen LogP contribution in [0.15, 0.2) is 30.9 Å². The number of hydrogen-bond donors (Lipinski definition) is 1. The summed E-state index contributed by atoms with van der Waals surface area (Å²) in [4.78, 5) is 12.6. The minimum absolute atomic E-state index is 0.0605. The molecule has 1 atom stereocenters. The molecule has 1 aromatic carbocycles. The van der Waals surface area contributed by atoms with Crippen molar-refractivity contribution in [2.75, 3.05) is 24.6 Å². The van der Waals surface area contributed by atoms with E-state index in [4.69, 9.17) is 4.74 Å². The summed E-state index contributed by atoms with van der Waals surface area (Å²) < 4.78 is 5.58. The van der Waals surface area contributed by atoms with E-state index in [1.807, 2.05) is 4.90 Å². The molecular formula is C14H18N2O4. The lowest BCUT2D eigenvalue weighted by Crippen LogP contribution is -2.23. The third kappa shape index (κ3) is 3.15. The van der Waals surface area contributed by atoms with Crippen LogP contribution in [0.4, 0.5) is 11.4 Å². The fourth-order valence-electron chi connectivity index (χ4n) is 2.36. The molecule has 0 aliphatic carbocycles. The molecule has 1 unspecified atom stereocenters. The maximum absolute atomic E-state index is 11.1. The van der Waals surface area contributed by atoms with Crippen LogP contribution in [-0.4, -0.2) is 35.8 Å². The van der Waals surface area contributed by atoms with Crippen molar-refractivity contribution in [2.45, 2.75) is 19.1 Å². The second kappa shape index (κ2) is 6.49. The monoisotopic (exact) mass is 278 g/mol. The molecule has 20 heavy (non-hydrogen) atoms. The highest BCUT2D eigenvalue weighted by Crippen LogP contribution is 2.32. The molecule has 1 fully saturated rings. The molecule has 0 aromatic heterocycles. The van der Waals surface area contributed by atoms with E-state index >= 15 is 0 Å². The van der Waals surface area contributed by atoms with Gasteiger partial charge in [-0.15, -0.1) is 6.58 Å². The first-order valence-corrected chi connectivity index (χ1v) is 6.51. The predicted molar refractivity (Wildman–Crippen MR) is 75.8 cm³/mol. The van der Waals surface area contributed by atoms with Gasteiger partial charge in [-0.2, -0.15) is 0 Å². The molecule has 0 spiro atoms. The molecule has 0 bridgehead atoms. The van der Waals surface area contributed by atoms with Gasteiger partial charge < -0.3 is 14.7 Å². The molecule has 1 aliphatic rings. The highest BCUT2D eigenvalue weighted by atomic mass is 16.6. The minimum Gasteiger partial charge on any atom is -0.392 e. The number of ether oxygens (including phenoxy) is 1. The van der Waals surface area contributed by atoms with Gasteiger partial charge in [0.1, 0.15) is 5.69 Å². The van der Waals surface area contributed by atoms with Crippen molar-refractivity contribution in [1.29, 1.82) is 0 Å². The number of aliphatic hydroxyl groups excluding tert-OH is 1. The number of rotatable bonds is 6. The van der Waals surface area contributed by atoms with E-state index < -0.39 is 4.92 Å². The molecule has 108 valence electrons. The van der Waals surface area contributed by atoms with Crippen LogP contribution in [0.25, 0.3) is 0 Å². The van der Waals surface area contributed by atoms with Crippen LogP contribution in [0.5, 0.6) is 0 Å². The van der Waals surface area contributed by atoms with Gasteiger partial charge in [0, 0.05) is 19.2 Å². The average Bonchev–Trinajstić information content (AvgIpc) is 2.93. The topological polar surface area (TPSA) is 75.8 Å². The van der Waals surface area contributed by atoms with E-state index in [0.717, 1.165) is 6.42 Å². The molecule has 0 saturated carbocycles. The molecular weight excluding hydrogens is 260 g/mol. The van der Waals surface area contributed by atoms with Crippen LogP contribution < -0.4 is 4.90 Å². The number of nitro benzene ring substituents is 1. The second-order valence-electron chi connectivity index (χ2n) is 4.72. The van der Waals surface area contributed by atoms with Gasteiger partial charge in [-0.25, -0.2) is 0 Å². The predicted octanol–water partition coefficient (Wildman–Crippen LogP) is 1.87. The molecule has 6 nitrogen and oxygen atoms in total. The molecule has 1 aliphatic heterocycles. The first-order valence-electron chi connectivity index (χ1n) is 6.51. The molecule has 6 heteroatoms. The van der Waals surface area contributed by atoms with E-state index in [0.29, 0.717) is 30.9 Å². The first kappa shape index (κ1) is 14.5. The van der Waals surface area contributed by atoms with Crippen LogP contribution in [0.1, 0.15) is 12.0 Å². The summed E-state index contributed by atoms with van der Waals surface area (Å²) in [6.07, 6.45) is 2.58. The Labute approximate surface area is 117 Å². The first-order chi connectivity index (χ1) is 9.65. The van der Waals surface area contributed by atoms with Gasteiger partial charge in [0.15, 0.2) is 0 Å². The molecule has 2 rings (SSSR count). The molecule has 0 amide bonds. The van der Waals surface area contributed by atoms with Crippen LogP contribution in [-0.2, 0) is 11.3 Å². The molecule has 0 radical (unpaired) electrons. The van der Waals surface area contributed by atoms with Gasteiger partial charge in [0.25, 0.3) is 5.69 Å². The lowest BCUT2D eigenvalue weighted by Gasteiger charge is -2.19. The lowest BCUT2D eigenvalue weighted by molar-refractivity contribution is -0.384. The number of nitrogens with zero attached hydrogens (tertiary/aromatic N) is 2. The van der Waals surface area contributed by atoms with Crippen LogP contribution >= 0.6 is 0 Å². The summed E-state index contributed by atoms with van der Waals surface area (Å²) in [6.45, 7) is 5.28. The zero-order chi connectivity index (χ0) is 14.5. The SMILES string of the molecule is C=CCOC1CCN(c2cc(CO)ccc2[N+](=O)[O-])C1. The number of anilines is 1. The largest absolute Gasteiger partial charge is 0.392 e. The third-order valence-corrected chi connectivity index (χ3v) is 3.35. The van der Waals surface area contributed by atoms with Crippen molar-refractivity contribution < 1.29 is 14.8 Å². The van der Waals surface area contributed by atoms with E-state index in [1.54, 1.807) is 18.2 Å². The van der Waals surface area contributed by atoms with Gasteiger partial charge >= 0.3 is 0 Å². The zero-order valence-electron chi connectivity index (χ0n) is 11.2. The Morgan fingerprint density at radius 2 is 2.40 bits per heavy atom. The Hall–Kier alpha value is -1.92. The highest BCUT2D eigenvalue weighted by molar-refractivity contribution is 5.65. The number of benzene rings is 1. The summed E-state index contributed by atoms with van der Waals surface area (Å²) in [5.74, 6) is 0. The number of aliphatic hydroxyl groups is 1. The van der Waals surface area contributed by atoms with Gasteiger partial charge in [-0.3, -0.25) is 10.1 Å². The Kier molecular flexibility index (Phi) is 4.70. The van der Waals surface area contributed by atoms with Gasteiger partial charge in [0.2, 0.25) is 0 Å². The number of hydrogen-bond acceptors (Lipinski definition) is 5. The Morgan fingerprint density at radius 3 is 3.05 bits per heavy atom. The summed E-state index contributed by atoms with van der Waals surface area (Å²) >= 11 is 0. The van der Waals surface area contributed by atoms with Crippen molar-refractivity contribution in [2.24, 2.45) is 0 Å². The summed E-state index contributed by atoms with van der Waals surface area (Å²) in [5.41, 5.74) is 1.28. The van der Waals surface area contributed by atoms with Crippen molar-refractivity contribution in [3.05, 3.63) is 46.5 Å². The van der Waals surface area contributed by atoms with Gasteiger partial charge in [-0.05, 0) is 24.1 Å². The van der Waals surface area contributed by atoms with E-state index in [-0.39, 0.29) is 18.4 Å². The molecule has 1 N–H and O–H groups in total. The van der Waals surface area contributed by atoms with Crippen LogP contribution in [0.2, 0.25) is 0 Å². The summed E-state index contributed by atoms with van der Waals surface area (Å²) in [5, 5.41) is 20.3. The lowest BCUT2D eigenvalue weighted by atomic mass is 10.1. The van der Waals surface area contributed by atoms with Gasteiger partial charge in [0.05, 0.1) is 24.2 Å². The maximum atomic E-state index is 11.1. The van der Waals surface area contributed by atoms with Crippen LogP contribution in [0.3, 0.4) is 0 Å². The standard InChI is InChI=1S/C14H18N2O4/c1-2-7-20-12-5-6-15(9-12)14-8-11(10-17)3-4-13(14)16(18)19/h2-4,8,12,17H,1,5-7,9-10H2. The zero-order valence-corrected chi connectivity index (χ0v) is 11.2. The Balaban J connectivity index is 2.19. The summed E-state index contributed by atoms with van der Waals surface area (Å²) in [7, 11) is 0. The Bertz CT molecular complexity index is 504.